The van der Waals surface area contributed by atoms with Crippen LogP contribution in [0.25, 0.3) is 0 Å². The highest BCUT2D eigenvalue weighted by Crippen LogP contribution is 2.35. The molecule has 1 fully saturated rings. The van der Waals surface area contributed by atoms with Gasteiger partial charge in [-0.15, -0.1) is 0 Å². The van der Waals surface area contributed by atoms with Crippen molar-refractivity contribution in [2.75, 3.05) is 48.2 Å². The van der Waals surface area contributed by atoms with Crippen molar-refractivity contribution in [1.82, 2.24) is 4.90 Å². The van der Waals surface area contributed by atoms with E-state index in [1.54, 1.807) is 26.2 Å². The highest BCUT2D eigenvalue weighted by atomic mass is 32.2. The highest BCUT2D eigenvalue weighted by Gasteiger charge is 2.34. The number of amides is 1. The van der Waals surface area contributed by atoms with Gasteiger partial charge < -0.3 is 14.5 Å². The van der Waals surface area contributed by atoms with Gasteiger partial charge in [0.15, 0.2) is 0 Å². The Morgan fingerprint density at radius 2 is 1.74 bits per heavy atom. The predicted octanol–water partition coefficient (Wildman–Crippen LogP) is 2.76. The van der Waals surface area contributed by atoms with Crippen LogP contribution >= 0.6 is 0 Å². The number of ether oxygens (including phenoxy) is 1. The van der Waals surface area contributed by atoms with Crippen molar-refractivity contribution in [3.63, 3.8) is 0 Å². The Hall–Kier alpha value is -2.74. The predicted molar refractivity (Wildman–Crippen MR) is 123 cm³/mol. The van der Waals surface area contributed by atoms with Gasteiger partial charge in [0, 0.05) is 43.5 Å². The van der Waals surface area contributed by atoms with Gasteiger partial charge in [0.05, 0.1) is 18.6 Å². The molecule has 1 atom stereocenters. The van der Waals surface area contributed by atoms with Gasteiger partial charge in [-0.2, -0.15) is 0 Å². The van der Waals surface area contributed by atoms with Crippen molar-refractivity contribution in [2.24, 2.45) is 0 Å². The van der Waals surface area contributed by atoms with Crippen LogP contribution in [0.15, 0.2) is 42.5 Å². The molecule has 1 amide bonds. The van der Waals surface area contributed by atoms with E-state index < -0.39 is 10.0 Å². The summed E-state index contributed by atoms with van der Waals surface area (Å²) in [6.07, 6.45) is 0.626. The molecule has 0 aliphatic carbocycles. The number of hydrogen-bond donors (Lipinski definition) is 0. The monoisotopic (exact) mass is 443 g/mol. The third kappa shape index (κ3) is 4.08. The first-order chi connectivity index (χ1) is 14.8. The van der Waals surface area contributed by atoms with Crippen LogP contribution in [0, 0.1) is 0 Å². The van der Waals surface area contributed by atoms with Crippen molar-refractivity contribution in [3.8, 4) is 5.75 Å². The first-order valence-electron chi connectivity index (χ1n) is 10.7. The first kappa shape index (κ1) is 21.5. The van der Waals surface area contributed by atoms with Gasteiger partial charge in [-0.3, -0.25) is 9.10 Å². The number of carbonyl (C=O) groups excluding carboxylic acids is 1. The molecule has 166 valence electrons. The van der Waals surface area contributed by atoms with E-state index in [1.165, 1.54) is 4.31 Å². The van der Waals surface area contributed by atoms with E-state index in [0.717, 1.165) is 30.1 Å². The van der Waals surface area contributed by atoms with E-state index in [0.29, 0.717) is 30.8 Å². The SMILES string of the molecule is CCS(=O)(=O)N1c2ccc(C(=O)N3CCN(c4ccc(OC)cc4)CC3)cc2C[C@@H]1C. The fourth-order valence-electron chi connectivity index (χ4n) is 4.44. The second-order valence-corrected chi connectivity index (χ2v) is 10.2. The molecule has 0 N–H and O–H groups in total. The average Bonchev–Trinajstić information content (AvgIpc) is 3.14. The Bertz CT molecular complexity index is 1060. The number of benzene rings is 2. The lowest BCUT2D eigenvalue weighted by atomic mass is 10.1. The molecule has 0 aromatic heterocycles. The smallest absolute Gasteiger partial charge is 0.253 e. The number of fused-ring (bicyclic) bond motifs is 1. The molecule has 2 aliphatic heterocycles. The van der Waals surface area contributed by atoms with Gasteiger partial charge in [0.2, 0.25) is 10.0 Å². The van der Waals surface area contributed by atoms with Crippen LogP contribution in [-0.2, 0) is 16.4 Å². The molecule has 2 aliphatic rings. The number of nitrogens with zero attached hydrogens (tertiary/aromatic N) is 3. The molecule has 8 heteroatoms. The van der Waals surface area contributed by atoms with Gasteiger partial charge in [-0.05, 0) is 68.3 Å². The van der Waals surface area contributed by atoms with Crippen LogP contribution in [0.3, 0.4) is 0 Å². The van der Waals surface area contributed by atoms with Crippen LogP contribution in [0.1, 0.15) is 29.8 Å². The maximum absolute atomic E-state index is 13.1. The highest BCUT2D eigenvalue weighted by molar-refractivity contribution is 7.92. The van der Waals surface area contributed by atoms with E-state index >= 15 is 0 Å². The van der Waals surface area contributed by atoms with Crippen molar-refractivity contribution in [3.05, 3.63) is 53.6 Å². The topological polar surface area (TPSA) is 70.2 Å². The minimum atomic E-state index is -3.33. The Morgan fingerprint density at radius 1 is 1.06 bits per heavy atom. The molecule has 2 aromatic carbocycles. The molecule has 1 saturated heterocycles. The third-order valence-corrected chi connectivity index (χ3v) is 8.03. The van der Waals surface area contributed by atoms with Crippen LogP contribution in [0.2, 0.25) is 0 Å². The van der Waals surface area contributed by atoms with E-state index in [1.807, 2.05) is 42.2 Å². The largest absolute Gasteiger partial charge is 0.497 e. The quantitative estimate of drug-likeness (QED) is 0.711. The van der Waals surface area contributed by atoms with Crippen LogP contribution in [-0.4, -0.2) is 64.3 Å². The van der Waals surface area contributed by atoms with Crippen LogP contribution in [0.5, 0.6) is 5.75 Å². The minimum Gasteiger partial charge on any atom is -0.497 e. The summed E-state index contributed by atoms with van der Waals surface area (Å²) in [5, 5.41) is 0. The van der Waals surface area contributed by atoms with E-state index in [2.05, 4.69) is 4.90 Å². The molecule has 2 heterocycles. The van der Waals surface area contributed by atoms with Gasteiger partial charge in [0.1, 0.15) is 5.75 Å². The first-order valence-corrected chi connectivity index (χ1v) is 12.3. The zero-order chi connectivity index (χ0) is 22.2. The summed E-state index contributed by atoms with van der Waals surface area (Å²) >= 11 is 0. The normalized spacial score (nSPS) is 18.8. The fourth-order valence-corrected chi connectivity index (χ4v) is 5.82. The number of carbonyl (C=O) groups is 1. The fraction of sp³-hybridized carbons (Fsp3) is 0.435. The summed E-state index contributed by atoms with van der Waals surface area (Å²) in [5.41, 5.74) is 3.37. The third-order valence-electron chi connectivity index (χ3n) is 6.15. The molecular formula is C23H29N3O4S. The Morgan fingerprint density at radius 3 is 2.35 bits per heavy atom. The molecule has 31 heavy (non-hydrogen) atoms. The lowest BCUT2D eigenvalue weighted by Gasteiger charge is -2.36. The molecule has 4 rings (SSSR count). The standard InChI is InChI=1S/C23H29N3O4S/c1-4-31(28,29)26-17(2)15-19-16-18(5-10-22(19)26)23(27)25-13-11-24(12-14-25)20-6-8-21(30-3)9-7-20/h5-10,16-17H,4,11-15H2,1-3H3/t17-/m0/s1. The molecule has 0 radical (unpaired) electrons. The Labute approximate surface area is 184 Å². The van der Waals surface area contributed by atoms with Crippen molar-refractivity contribution >= 4 is 27.3 Å². The molecular weight excluding hydrogens is 414 g/mol. The maximum atomic E-state index is 13.1. The van der Waals surface area contributed by atoms with Gasteiger partial charge in [-0.1, -0.05) is 0 Å². The molecule has 7 nitrogen and oxygen atoms in total. The Kier molecular flexibility index (Phi) is 5.83. The summed E-state index contributed by atoms with van der Waals surface area (Å²) in [7, 11) is -1.67. The van der Waals surface area contributed by atoms with Crippen LogP contribution < -0.4 is 13.9 Å². The molecule has 2 aromatic rings. The summed E-state index contributed by atoms with van der Waals surface area (Å²) in [4.78, 5) is 17.2. The summed E-state index contributed by atoms with van der Waals surface area (Å²) in [6.45, 7) is 6.39. The van der Waals surface area contributed by atoms with Crippen molar-refractivity contribution < 1.29 is 17.9 Å². The van der Waals surface area contributed by atoms with Crippen molar-refractivity contribution in [2.45, 2.75) is 26.3 Å². The minimum absolute atomic E-state index is 0.00151. The second kappa shape index (κ2) is 8.42. The lowest BCUT2D eigenvalue weighted by Crippen LogP contribution is -2.48. The van der Waals surface area contributed by atoms with E-state index in [4.69, 9.17) is 4.74 Å². The summed E-state index contributed by atoms with van der Waals surface area (Å²) in [6, 6.07) is 13.2. The number of methoxy groups -OCH3 is 1. The van der Waals surface area contributed by atoms with Gasteiger partial charge in [0.25, 0.3) is 5.91 Å². The number of sulfonamides is 1. The van der Waals surface area contributed by atoms with E-state index in [9.17, 15) is 13.2 Å². The number of hydrogen-bond acceptors (Lipinski definition) is 5. The van der Waals surface area contributed by atoms with E-state index in [-0.39, 0.29) is 17.7 Å². The molecule has 0 saturated carbocycles. The molecule has 0 unspecified atom stereocenters. The molecule has 0 spiro atoms. The van der Waals surface area contributed by atoms with Gasteiger partial charge in [-0.25, -0.2) is 8.42 Å². The number of anilines is 2. The van der Waals surface area contributed by atoms with Crippen molar-refractivity contribution in [1.29, 1.82) is 0 Å². The summed E-state index contributed by atoms with van der Waals surface area (Å²) < 4.78 is 31.6. The summed E-state index contributed by atoms with van der Waals surface area (Å²) in [5.74, 6) is 0.895. The zero-order valence-corrected chi connectivity index (χ0v) is 19.1. The average molecular weight is 444 g/mol. The van der Waals surface area contributed by atoms with Gasteiger partial charge >= 0.3 is 0 Å². The van der Waals surface area contributed by atoms with Crippen LogP contribution in [0.4, 0.5) is 11.4 Å². The number of rotatable bonds is 5. The maximum Gasteiger partial charge on any atom is 0.253 e. The second-order valence-electron chi connectivity index (χ2n) is 8.07. The lowest BCUT2D eigenvalue weighted by molar-refractivity contribution is 0.0746. The molecule has 0 bridgehead atoms. The number of piperazine rings is 1. The zero-order valence-electron chi connectivity index (χ0n) is 18.2. The Balaban J connectivity index is 1.45.